The molecule has 0 unspecified atom stereocenters. The molecule has 0 spiro atoms. The topological polar surface area (TPSA) is 69.6 Å². The highest BCUT2D eigenvalue weighted by Crippen LogP contribution is 2.28. The molecule has 122 valence electrons. The number of amides is 2. The van der Waals surface area contributed by atoms with Crippen LogP contribution in [0.5, 0.6) is 0 Å². The molecule has 2 N–H and O–H groups in total. The molecule has 1 aliphatic rings. The van der Waals surface area contributed by atoms with Gasteiger partial charge < -0.3 is 15.3 Å². The predicted octanol–water partition coefficient (Wildman–Crippen LogP) is 3.38. The summed E-state index contributed by atoms with van der Waals surface area (Å²) in [6.07, 6.45) is 7.00. The van der Waals surface area contributed by atoms with E-state index in [4.69, 9.17) is 0 Å². The summed E-state index contributed by atoms with van der Waals surface area (Å²) in [5.41, 5.74) is -1.06. The van der Waals surface area contributed by atoms with Gasteiger partial charge in [0.25, 0.3) is 0 Å². The lowest BCUT2D eigenvalue weighted by atomic mass is 9.82. The van der Waals surface area contributed by atoms with Crippen LogP contribution in [0.3, 0.4) is 0 Å². The highest BCUT2D eigenvalue weighted by Gasteiger charge is 2.41. The number of hydrogen-bond acceptors (Lipinski definition) is 2. The number of carbonyl (C=O) groups excluding carboxylic acids is 1. The first-order valence-corrected chi connectivity index (χ1v) is 8.25. The molecule has 0 bridgehead atoms. The lowest BCUT2D eigenvalue weighted by Crippen LogP contribution is -2.59. The SMILES string of the molecule is CCCCCN(C(=O)NC1(C(=O)O)CCCCC1)C(C)C. The molecule has 5 heteroatoms. The minimum Gasteiger partial charge on any atom is -0.480 e. The average molecular weight is 298 g/mol. The summed E-state index contributed by atoms with van der Waals surface area (Å²) < 4.78 is 0. The number of unbranched alkanes of at least 4 members (excludes halogenated alkanes) is 2. The fourth-order valence-electron chi connectivity index (χ4n) is 2.95. The minimum atomic E-state index is -1.06. The van der Waals surface area contributed by atoms with Crippen molar-refractivity contribution in [3.8, 4) is 0 Å². The van der Waals surface area contributed by atoms with Gasteiger partial charge in [0, 0.05) is 12.6 Å². The number of urea groups is 1. The minimum absolute atomic E-state index is 0.0799. The first-order chi connectivity index (χ1) is 9.93. The van der Waals surface area contributed by atoms with Crippen molar-refractivity contribution in [3.63, 3.8) is 0 Å². The van der Waals surface area contributed by atoms with Crippen LogP contribution < -0.4 is 5.32 Å². The van der Waals surface area contributed by atoms with Crippen molar-refractivity contribution in [2.24, 2.45) is 0 Å². The van der Waals surface area contributed by atoms with E-state index >= 15 is 0 Å². The van der Waals surface area contributed by atoms with E-state index in [0.29, 0.717) is 19.4 Å². The summed E-state index contributed by atoms with van der Waals surface area (Å²) >= 11 is 0. The first kappa shape index (κ1) is 17.8. The van der Waals surface area contributed by atoms with Crippen molar-refractivity contribution in [2.45, 2.75) is 83.7 Å². The molecule has 0 heterocycles. The van der Waals surface area contributed by atoms with Gasteiger partial charge in [-0.15, -0.1) is 0 Å². The Labute approximate surface area is 128 Å². The quantitative estimate of drug-likeness (QED) is 0.708. The van der Waals surface area contributed by atoms with E-state index in [2.05, 4.69) is 12.2 Å². The van der Waals surface area contributed by atoms with Crippen LogP contribution in [0.15, 0.2) is 0 Å². The Morgan fingerprint density at radius 3 is 2.29 bits per heavy atom. The summed E-state index contributed by atoms with van der Waals surface area (Å²) in [6.45, 7) is 6.76. The fourth-order valence-corrected chi connectivity index (χ4v) is 2.95. The number of hydrogen-bond donors (Lipinski definition) is 2. The molecule has 21 heavy (non-hydrogen) atoms. The number of carboxylic acid groups (broad SMARTS) is 1. The van der Waals surface area contributed by atoms with Crippen LogP contribution in [0.25, 0.3) is 0 Å². The van der Waals surface area contributed by atoms with Gasteiger partial charge in [0.1, 0.15) is 5.54 Å². The Morgan fingerprint density at radius 1 is 1.19 bits per heavy atom. The van der Waals surface area contributed by atoms with Gasteiger partial charge in [-0.3, -0.25) is 0 Å². The molecule has 1 saturated carbocycles. The normalized spacial score (nSPS) is 17.5. The molecular weight excluding hydrogens is 268 g/mol. The number of aliphatic carboxylic acids is 1. The number of rotatable bonds is 7. The van der Waals surface area contributed by atoms with E-state index in [9.17, 15) is 14.7 Å². The summed E-state index contributed by atoms with van der Waals surface area (Å²) in [6, 6.07) is -0.151. The molecule has 0 aromatic heterocycles. The zero-order valence-corrected chi connectivity index (χ0v) is 13.7. The molecule has 0 aliphatic heterocycles. The van der Waals surface area contributed by atoms with Gasteiger partial charge >= 0.3 is 12.0 Å². The van der Waals surface area contributed by atoms with Gasteiger partial charge in [0.2, 0.25) is 0 Å². The molecule has 1 rings (SSSR count). The average Bonchev–Trinajstić information content (AvgIpc) is 2.43. The summed E-state index contributed by atoms with van der Waals surface area (Å²) in [7, 11) is 0. The monoisotopic (exact) mass is 298 g/mol. The smallest absolute Gasteiger partial charge is 0.329 e. The van der Waals surface area contributed by atoms with E-state index in [1.54, 1.807) is 4.90 Å². The number of nitrogens with zero attached hydrogens (tertiary/aromatic N) is 1. The van der Waals surface area contributed by atoms with Crippen molar-refractivity contribution in [1.29, 1.82) is 0 Å². The van der Waals surface area contributed by atoms with Crippen LogP contribution in [0, 0.1) is 0 Å². The zero-order valence-electron chi connectivity index (χ0n) is 13.7. The number of carboxylic acids is 1. The van der Waals surface area contributed by atoms with Crippen molar-refractivity contribution < 1.29 is 14.7 Å². The Bertz CT molecular complexity index is 349. The predicted molar refractivity (Wildman–Crippen MR) is 83.4 cm³/mol. The Hall–Kier alpha value is -1.26. The maximum absolute atomic E-state index is 12.5. The number of nitrogens with one attached hydrogen (secondary N) is 1. The van der Waals surface area contributed by atoms with E-state index in [1.807, 2.05) is 13.8 Å². The van der Waals surface area contributed by atoms with Crippen LogP contribution in [0.2, 0.25) is 0 Å². The van der Waals surface area contributed by atoms with Gasteiger partial charge in [-0.2, -0.15) is 0 Å². The van der Waals surface area contributed by atoms with Gasteiger partial charge in [-0.25, -0.2) is 9.59 Å². The van der Waals surface area contributed by atoms with Crippen LogP contribution in [0.1, 0.15) is 72.1 Å². The summed E-state index contributed by atoms with van der Waals surface area (Å²) in [4.78, 5) is 25.9. The summed E-state index contributed by atoms with van der Waals surface area (Å²) in [5.74, 6) is -0.896. The van der Waals surface area contributed by atoms with Gasteiger partial charge in [-0.05, 0) is 33.1 Å². The lowest BCUT2D eigenvalue weighted by molar-refractivity contribution is -0.146. The van der Waals surface area contributed by atoms with Gasteiger partial charge in [0.15, 0.2) is 0 Å². The van der Waals surface area contributed by atoms with Crippen molar-refractivity contribution in [3.05, 3.63) is 0 Å². The number of carbonyl (C=O) groups is 2. The van der Waals surface area contributed by atoms with E-state index in [0.717, 1.165) is 38.5 Å². The van der Waals surface area contributed by atoms with E-state index in [1.165, 1.54) is 0 Å². The second-order valence-corrected chi connectivity index (χ2v) is 6.37. The molecule has 1 aliphatic carbocycles. The van der Waals surface area contributed by atoms with Crippen LogP contribution in [-0.4, -0.2) is 40.1 Å². The van der Waals surface area contributed by atoms with E-state index in [-0.39, 0.29) is 12.1 Å². The molecule has 0 saturated heterocycles. The standard InChI is InChI=1S/C16H30N2O3/c1-4-5-9-12-18(13(2)3)15(21)17-16(14(19)20)10-7-6-8-11-16/h13H,4-12H2,1-3H3,(H,17,21)(H,19,20). The highest BCUT2D eigenvalue weighted by molar-refractivity contribution is 5.86. The maximum atomic E-state index is 12.5. The molecule has 0 atom stereocenters. The second-order valence-electron chi connectivity index (χ2n) is 6.37. The molecule has 1 fully saturated rings. The Morgan fingerprint density at radius 2 is 1.81 bits per heavy atom. The van der Waals surface area contributed by atoms with Gasteiger partial charge in [-0.1, -0.05) is 39.0 Å². The third kappa shape index (κ3) is 4.90. The zero-order chi connectivity index (χ0) is 15.9. The third-order valence-electron chi connectivity index (χ3n) is 4.35. The first-order valence-electron chi connectivity index (χ1n) is 8.25. The van der Waals surface area contributed by atoms with Crippen molar-refractivity contribution >= 4 is 12.0 Å². The van der Waals surface area contributed by atoms with Crippen LogP contribution in [0.4, 0.5) is 4.79 Å². The van der Waals surface area contributed by atoms with Crippen molar-refractivity contribution in [2.75, 3.05) is 6.54 Å². The Kier molecular flexibility index (Phi) is 6.99. The van der Waals surface area contributed by atoms with Crippen LogP contribution >= 0.6 is 0 Å². The van der Waals surface area contributed by atoms with Crippen LogP contribution in [-0.2, 0) is 4.79 Å². The maximum Gasteiger partial charge on any atom is 0.329 e. The molecule has 2 amide bonds. The Balaban J connectivity index is 2.71. The summed E-state index contributed by atoms with van der Waals surface area (Å²) in [5, 5.41) is 12.4. The van der Waals surface area contributed by atoms with E-state index < -0.39 is 11.5 Å². The molecule has 0 radical (unpaired) electrons. The largest absolute Gasteiger partial charge is 0.480 e. The van der Waals surface area contributed by atoms with Crippen molar-refractivity contribution in [1.82, 2.24) is 10.2 Å². The van der Waals surface area contributed by atoms with Gasteiger partial charge in [0.05, 0.1) is 0 Å². The molecule has 0 aromatic carbocycles. The lowest BCUT2D eigenvalue weighted by Gasteiger charge is -2.37. The highest BCUT2D eigenvalue weighted by atomic mass is 16.4. The molecule has 5 nitrogen and oxygen atoms in total. The molecule has 0 aromatic rings. The third-order valence-corrected chi connectivity index (χ3v) is 4.35. The second kappa shape index (κ2) is 8.25. The molecular formula is C16H30N2O3. The fraction of sp³-hybridized carbons (Fsp3) is 0.875.